The van der Waals surface area contributed by atoms with Crippen molar-refractivity contribution in [1.82, 2.24) is 4.72 Å². The number of hydrogen-bond donors (Lipinski definition) is 2. The molecule has 0 spiro atoms. The molecule has 6 nitrogen and oxygen atoms in total. The lowest BCUT2D eigenvalue weighted by Crippen LogP contribution is -2.46. The van der Waals surface area contributed by atoms with Crippen molar-refractivity contribution < 1.29 is 27.4 Å². The number of benzene rings is 1. The minimum atomic E-state index is -3.67. The van der Waals surface area contributed by atoms with Gasteiger partial charge in [0.25, 0.3) is 0 Å². The molecule has 1 aromatic carbocycles. The van der Waals surface area contributed by atoms with Crippen molar-refractivity contribution in [3.8, 4) is 0 Å². The van der Waals surface area contributed by atoms with Crippen LogP contribution < -0.4 is 4.72 Å². The molecule has 8 heteroatoms. The molecule has 158 valence electrons. The number of nitrogens with one attached hydrogen (secondary N) is 1. The van der Waals surface area contributed by atoms with Crippen LogP contribution in [0.2, 0.25) is 0 Å². The Morgan fingerprint density at radius 3 is 2.66 bits per heavy atom. The van der Waals surface area contributed by atoms with Crippen molar-refractivity contribution in [1.29, 1.82) is 0 Å². The highest BCUT2D eigenvalue weighted by Crippen LogP contribution is 2.41. The molecule has 0 amide bonds. The molecule has 1 aromatic rings. The fourth-order valence-corrected chi connectivity index (χ4v) is 5.07. The first-order chi connectivity index (χ1) is 13.8. The summed E-state index contributed by atoms with van der Waals surface area (Å²) in [4.78, 5) is 10.5. The van der Waals surface area contributed by atoms with Gasteiger partial charge in [-0.3, -0.25) is 4.79 Å². The molecule has 2 fully saturated rings. The number of carboxylic acids is 1. The lowest BCUT2D eigenvalue weighted by atomic mass is 9.83. The molecular formula is C21H26FNO5S. The van der Waals surface area contributed by atoms with Crippen molar-refractivity contribution in [3.05, 3.63) is 53.2 Å². The van der Waals surface area contributed by atoms with Crippen molar-refractivity contribution in [3.63, 3.8) is 0 Å². The topological polar surface area (TPSA) is 92.7 Å². The molecule has 0 aliphatic carbocycles. The van der Waals surface area contributed by atoms with Crippen LogP contribution >= 0.6 is 0 Å². The molecular weight excluding hydrogens is 397 g/mol. The van der Waals surface area contributed by atoms with E-state index in [2.05, 4.69) is 4.72 Å². The summed E-state index contributed by atoms with van der Waals surface area (Å²) in [5.74, 6) is -1.12. The third-order valence-corrected chi connectivity index (χ3v) is 6.47. The maximum Gasteiger partial charge on any atom is 0.303 e. The molecule has 4 atom stereocenters. The Kier molecular flexibility index (Phi) is 7.21. The van der Waals surface area contributed by atoms with Crippen LogP contribution in [0.25, 0.3) is 6.08 Å². The second-order valence-electron chi connectivity index (χ2n) is 7.49. The van der Waals surface area contributed by atoms with Gasteiger partial charge in [-0.05, 0) is 55.9 Å². The molecule has 0 aromatic heterocycles. The zero-order chi connectivity index (χ0) is 20.9. The summed E-state index contributed by atoms with van der Waals surface area (Å²) >= 11 is 0. The number of hydrogen-bond acceptors (Lipinski definition) is 4. The fraction of sp³-hybridized carbons (Fsp3) is 0.476. The summed E-state index contributed by atoms with van der Waals surface area (Å²) in [5, 5.41) is 9.76. The molecule has 2 N–H and O–H groups in total. The van der Waals surface area contributed by atoms with E-state index in [0.717, 1.165) is 18.2 Å². The summed E-state index contributed by atoms with van der Waals surface area (Å²) in [6, 6.07) is 5.30. The Labute approximate surface area is 170 Å². The van der Waals surface area contributed by atoms with Crippen LogP contribution in [0.4, 0.5) is 4.39 Å². The summed E-state index contributed by atoms with van der Waals surface area (Å²) in [5.41, 5.74) is 0.599. The van der Waals surface area contributed by atoms with Crippen LogP contribution in [-0.4, -0.2) is 37.7 Å². The Balaban J connectivity index is 1.58. The number of unbranched alkanes of at least 4 members (excludes halogenated alkanes) is 1. The van der Waals surface area contributed by atoms with E-state index in [-0.39, 0.29) is 36.4 Å². The molecule has 2 heterocycles. The van der Waals surface area contributed by atoms with Crippen molar-refractivity contribution in [2.24, 2.45) is 5.92 Å². The predicted octanol–water partition coefficient (Wildman–Crippen LogP) is 3.46. The Hall–Kier alpha value is -2.03. The number of fused-ring (bicyclic) bond motifs is 2. The van der Waals surface area contributed by atoms with E-state index >= 15 is 0 Å². The number of sulfonamides is 1. The lowest BCUT2D eigenvalue weighted by molar-refractivity contribution is -0.137. The maximum absolute atomic E-state index is 13.0. The van der Waals surface area contributed by atoms with E-state index < -0.39 is 16.0 Å². The van der Waals surface area contributed by atoms with Crippen LogP contribution in [0.1, 0.15) is 44.1 Å². The number of halogens is 1. The summed E-state index contributed by atoms with van der Waals surface area (Å²) in [6.45, 7) is 0. The summed E-state index contributed by atoms with van der Waals surface area (Å²) in [7, 11) is -3.67. The van der Waals surface area contributed by atoms with Crippen LogP contribution in [0.5, 0.6) is 0 Å². The number of allylic oxidation sites excluding steroid dienone is 2. The maximum atomic E-state index is 13.0. The zero-order valence-electron chi connectivity index (χ0n) is 16.0. The summed E-state index contributed by atoms with van der Waals surface area (Å²) in [6.07, 6.45) is 9.15. The van der Waals surface area contributed by atoms with Gasteiger partial charge in [-0.1, -0.05) is 24.3 Å². The SMILES string of the molecule is O=C(O)CCCC=CCC1C2CCC(O2)C1NS(=O)(=O)C=Cc1ccc(F)cc1. The smallest absolute Gasteiger partial charge is 0.303 e. The second-order valence-corrected chi connectivity index (χ2v) is 9.09. The number of aliphatic carboxylic acids is 1. The first kappa shape index (κ1) is 21.7. The highest BCUT2D eigenvalue weighted by Gasteiger charge is 2.49. The Morgan fingerprint density at radius 1 is 1.21 bits per heavy atom. The third kappa shape index (κ3) is 6.22. The monoisotopic (exact) mass is 423 g/mol. The number of rotatable bonds is 10. The molecule has 4 unspecified atom stereocenters. The first-order valence-electron chi connectivity index (χ1n) is 9.82. The largest absolute Gasteiger partial charge is 0.481 e. The highest BCUT2D eigenvalue weighted by atomic mass is 32.2. The zero-order valence-corrected chi connectivity index (χ0v) is 16.9. The summed E-state index contributed by atoms with van der Waals surface area (Å²) < 4.78 is 46.7. The minimum absolute atomic E-state index is 0.0393. The quantitative estimate of drug-likeness (QED) is 0.444. The second kappa shape index (κ2) is 9.65. The van der Waals surface area contributed by atoms with Crippen LogP contribution in [0.3, 0.4) is 0 Å². The van der Waals surface area contributed by atoms with E-state index in [9.17, 15) is 17.6 Å². The predicted molar refractivity (Wildman–Crippen MR) is 108 cm³/mol. The van der Waals surface area contributed by atoms with E-state index in [4.69, 9.17) is 9.84 Å². The number of ether oxygens (including phenoxy) is 1. The third-order valence-electron chi connectivity index (χ3n) is 5.37. The van der Waals surface area contributed by atoms with Gasteiger partial charge in [0.1, 0.15) is 5.82 Å². The van der Waals surface area contributed by atoms with Crippen molar-refractivity contribution >= 4 is 22.1 Å². The van der Waals surface area contributed by atoms with Crippen LogP contribution in [0, 0.1) is 11.7 Å². The minimum Gasteiger partial charge on any atom is -0.481 e. The molecule has 2 bridgehead atoms. The van der Waals surface area contributed by atoms with Gasteiger partial charge in [0.2, 0.25) is 10.0 Å². The van der Waals surface area contributed by atoms with Gasteiger partial charge in [0.15, 0.2) is 0 Å². The lowest BCUT2D eigenvalue weighted by Gasteiger charge is -2.27. The number of carbonyl (C=O) groups is 1. The first-order valence-corrected chi connectivity index (χ1v) is 11.4. The average Bonchev–Trinajstić information content (AvgIpc) is 3.26. The molecule has 0 radical (unpaired) electrons. The molecule has 29 heavy (non-hydrogen) atoms. The highest BCUT2D eigenvalue weighted by molar-refractivity contribution is 7.92. The van der Waals surface area contributed by atoms with Gasteiger partial charge in [-0.25, -0.2) is 17.5 Å². The molecule has 2 aliphatic rings. The van der Waals surface area contributed by atoms with Gasteiger partial charge in [0.05, 0.1) is 18.2 Å². The van der Waals surface area contributed by atoms with E-state index in [1.807, 2.05) is 12.2 Å². The van der Waals surface area contributed by atoms with Gasteiger partial charge >= 0.3 is 5.97 Å². The van der Waals surface area contributed by atoms with E-state index in [1.54, 1.807) is 0 Å². The van der Waals surface area contributed by atoms with Gasteiger partial charge in [0, 0.05) is 17.7 Å². The Bertz CT molecular complexity index is 866. The molecule has 0 saturated carbocycles. The Morgan fingerprint density at radius 2 is 1.93 bits per heavy atom. The molecule has 2 saturated heterocycles. The molecule has 3 rings (SSSR count). The normalized spacial score (nSPS) is 26.7. The van der Waals surface area contributed by atoms with Crippen molar-refractivity contribution in [2.75, 3.05) is 0 Å². The van der Waals surface area contributed by atoms with Crippen LogP contribution in [0.15, 0.2) is 41.8 Å². The number of carboxylic acid groups (broad SMARTS) is 1. The van der Waals surface area contributed by atoms with E-state index in [0.29, 0.717) is 24.8 Å². The van der Waals surface area contributed by atoms with Gasteiger partial charge < -0.3 is 9.84 Å². The van der Waals surface area contributed by atoms with Gasteiger partial charge in [-0.15, -0.1) is 0 Å². The molecule has 2 aliphatic heterocycles. The fourth-order valence-electron chi connectivity index (χ4n) is 3.95. The van der Waals surface area contributed by atoms with Crippen molar-refractivity contribution in [2.45, 2.75) is 56.8 Å². The van der Waals surface area contributed by atoms with Gasteiger partial charge in [-0.2, -0.15) is 0 Å². The average molecular weight is 424 g/mol. The van der Waals surface area contributed by atoms with Crippen LogP contribution in [-0.2, 0) is 19.6 Å². The van der Waals surface area contributed by atoms with E-state index in [1.165, 1.54) is 30.3 Å². The standard InChI is InChI=1S/C21H26FNO5S/c22-16-9-7-15(8-10-16)13-14-29(26,27)23-21-17(18-11-12-19(21)28-18)5-3-1-2-4-6-20(24)25/h1,3,7-10,13-14,17-19,21,23H,2,4-6,11-12H2,(H,24,25).